The van der Waals surface area contributed by atoms with Crippen LogP contribution in [0, 0.1) is 28.4 Å². The summed E-state index contributed by atoms with van der Waals surface area (Å²) in [6.07, 6.45) is 0.417. The summed E-state index contributed by atoms with van der Waals surface area (Å²) >= 11 is 12.2. The summed E-state index contributed by atoms with van der Waals surface area (Å²) in [6.45, 7) is 7.58. The van der Waals surface area contributed by atoms with E-state index in [9.17, 15) is 15.2 Å². The van der Waals surface area contributed by atoms with Crippen LogP contribution in [-0.2, 0) is 19.7 Å². The second-order valence-corrected chi connectivity index (χ2v) is 12.8. The van der Waals surface area contributed by atoms with Crippen molar-refractivity contribution in [3.8, 4) is 6.07 Å². The van der Waals surface area contributed by atoms with Crippen molar-refractivity contribution < 1.29 is 28.2 Å². The Labute approximate surface area is 249 Å². The van der Waals surface area contributed by atoms with Gasteiger partial charge in [0.15, 0.2) is 5.79 Å². The molecule has 0 radical (unpaired) electrons. The quantitative estimate of drug-likeness (QED) is 0.360. The number of amides is 1. The second kappa shape index (κ2) is 12.1. The van der Waals surface area contributed by atoms with Gasteiger partial charge in [0, 0.05) is 35.7 Å². The lowest BCUT2D eigenvalue weighted by Gasteiger charge is -2.38. The number of benzene rings is 2. The third kappa shape index (κ3) is 6.38. The number of aliphatic hydroxyl groups is 1. The molecule has 7 nitrogen and oxygen atoms in total. The summed E-state index contributed by atoms with van der Waals surface area (Å²) in [6, 6.07) is 8.58. The van der Waals surface area contributed by atoms with Crippen molar-refractivity contribution in [1.82, 2.24) is 10.6 Å². The second-order valence-electron chi connectivity index (χ2n) is 12.0. The lowest BCUT2D eigenvalue weighted by atomic mass is 9.62. The molecule has 2 aliphatic heterocycles. The van der Waals surface area contributed by atoms with Crippen LogP contribution in [0.4, 0.5) is 8.78 Å². The molecule has 1 amide bonds. The first-order valence-corrected chi connectivity index (χ1v) is 14.3. The van der Waals surface area contributed by atoms with Crippen molar-refractivity contribution in [2.75, 3.05) is 19.8 Å². The largest absolute Gasteiger partial charge is 0.396 e. The van der Waals surface area contributed by atoms with Crippen molar-refractivity contribution in [1.29, 1.82) is 5.26 Å². The van der Waals surface area contributed by atoms with Gasteiger partial charge < -0.3 is 25.2 Å². The lowest BCUT2D eigenvalue weighted by molar-refractivity contribution is -0.138. The number of nitrogens with one attached hydrogen (secondary N) is 2. The van der Waals surface area contributed by atoms with Crippen LogP contribution in [0.1, 0.15) is 57.6 Å². The molecule has 2 aromatic carbocycles. The third-order valence-electron chi connectivity index (χ3n) is 7.93. The van der Waals surface area contributed by atoms with Gasteiger partial charge in [-0.1, -0.05) is 55.2 Å². The first-order chi connectivity index (χ1) is 19.2. The number of hydrogen-bond donors (Lipinski definition) is 3. The van der Waals surface area contributed by atoms with Gasteiger partial charge in [-0.05, 0) is 55.9 Å². The number of rotatable bonds is 9. The number of halogens is 4. The predicted octanol–water partition coefficient (Wildman–Crippen LogP) is 5.22. The highest BCUT2D eigenvalue weighted by atomic mass is 35.5. The van der Waals surface area contributed by atoms with Crippen molar-refractivity contribution in [3.05, 3.63) is 69.2 Å². The molecule has 0 aliphatic carbocycles. The van der Waals surface area contributed by atoms with E-state index in [0.717, 1.165) is 6.07 Å². The van der Waals surface area contributed by atoms with E-state index in [1.807, 2.05) is 13.8 Å². The van der Waals surface area contributed by atoms with Crippen LogP contribution in [-0.4, -0.2) is 54.7 Å². The number of aliphatic hydroxyl groups excluding tert-OH is 1. The average molecular weight is 611 g/mol. The van der Waals surface area contributed by atoms with Gasteiger partial charge in [-0.15, -0.1) is 0 Å². The zero-order valence-corrected chi connectivity index (χ0v) is 25.0. The Hall–Kier alpha value is -2.32. The molecule has 2 saturated heterocycles. The maximum Gasteiger partial charge on any atom is 0.237 e. The maximum atomic E-state index is 15.7. The molecule has 5 atom stereocenters. The number of carbonyl (C=O) groups excluding carboxylic acids is 1. The lowest BCUT2D eigenvalue weighted by Crippen LogP contribution is -2.46. The minimum atomic E-state index is -1.78. The minimum absolute atomic E-state index is 0.000342. The highest BCUT2D eigenvalue weighted by molar-refractivity contribution is 6.31. The molecule has 2 heterocycles. The molecule has 11 heteroatoms. The zero-order valence-electron chi connectivity index (χ0n) is 23.4. The third-order valence-corrected chi connectivity index (χ3v) is 8.46. The summed E-state index contributed by atoms with van der Waals surface area (Å²) in [7, 11) is 0. The highest BCUT2D eigenvalue weighted by Gasteiger charge is 2.61. The van der Waals surface area contributed by atoms with E-state index < -0.39 is 52.2 Å². The number of nitrogens with zero attached hydrogens (tertiary/aromatic N) is 1. The van der Waals surface area contributed by atoms with Crippen LogP contribution in [0.15, 0.2) is 36.4 Å². The molecule has 4 rings (SSSR count). The van der Waals surface area contributed by atoms with Crippen LogP contribution in [0.25, 0.3) is 0 Å². The van der Waals surface area contributed by atoms with Crippen molar-refractivity contribution in [2.45, 2.75) is 75.8 Å². The Kier molecular flexibility index (Phi) is 9.34. The van der Waals surface area contributed by atoms with Gasteiger partial charge in [0.25, 0.3) is 0 Å². The molecule has 2 fully saturated rings. The fraction of sp³-hybridized carbons (Fsp3) is 0.533. The van der Waals surface area contributed by atoms with E-state index in [2.05, 4.69) is 16.7 Å². The predicted molar refractivity (Wildman–Crippen MR) is 152 cm³/mol. The maximum absolute atomic E-state index is 15.7. The standard InChI is InChI=1S/C30H35Cl2F2N3O4/c1-28(2,16-38)13-23-30(15-35,20-9-8-17(31)12-22(20)33)24(19-6-5-7-21(32)25(19)34)26(37-23)27(39)36-11-10-18-14-40-29(3,4)41-18/h5-9,12,18,23-24,26,37-38H,10-11,13-14,16H2,1-4H3,(H,36,39)/t18-,23-,24-,26+,30-/m0/s1. The molecule has 222 valence electrons. The summed E-state index contributed by atoms with van der Waals surface area (Å²) in [5, 5.41) is 27.0. The first kappa shape index (κ1) is 31.6. The molecule has 0 saturated carbocycles. The van der Waals surface area contributed by atoms with E-state index in [0.29, 0.717) is 13.0 Å². The molecule has 0 bridgehead atoms. The van der Waals surface area contributed by atoms with Gasteiger partial charge in [0.2, 0.25) is 5.91 Å². The molecular weight excluding hydrogens is 575 g/mol. The number of ether oxygens (including phenoxy) is 2. The Morgan fingerprint density at radius 3 is 2.61 bits per heavy atom. The first-order valence-electron chi connectivity index (χ1n) is 13.5. The Balaban J connectivity index is 1.80. The van der Waals surface area contributed by atoms with Crippen molar-refractivity contribution >= 4 is 29.1 Å². The van der Waals surface area contributed by atoms with Crippen molar-refractivity contribution in [2.24, 2.45) is 5.41 Å². The number of hydrogen-bond acceptors (Lipinski definition) is 6. The molecule has 41 heavy (non-hydrogen) atoms. The van der Waals surface area contributed by atoms with Gasteiger partial charge in [-0.2, -0.15) is 5.26 Å². The Morgan fingerprint density at radius 2 is 2.00 bits per heavy atom. The molecule has 3 N–H and O–H groups in total. The SMILES string of the molecule is CC(C)(CO)C[C@@H]1N[C@@H](C(=O)NCC[C@H]2COC(C)(C)O2)[C@H](c2cccc(Cl)c2F)[C@@]1(C#N)c1ccc(Cl)cc1F. The van der Waals surface area contributed by atoms with E-state index in [4.69, 9.17) is 32.7 Å². The summed E-state index contributed by atoms with van der Waals surface area (Å²) in [5.74, 6) is -3.95. The number of carbonyl (C=O) groups is 1. The monoisotopic (exact) mass is 609 g/mol. The Bertz CT molecular complexity index is 1340. The summed E-state index contributed by atoms with van der Waals surface area (Å²) in [4.78, 5) is 13.8. The molecule has 0 aromatic heterocycles. The normalized spacial score (nSPS) is 27.5. The fourth-order valence-corrected chi connectivity index (χ4v) is 6.27. The van der Waals surface area contributed by atoms with Crippen LogP contribution >= 0.6 is 23.2 Å². The van der Waals surface area contributed by atoms with E-state index in [1.54, 1.807) is 13.8 Å². The van der Waals surface area contributed by atoms with Gasteiger partial charge in [-0.25, -0.2) is 8.78 Å². The fourth-order valence-electron chi connectivity index (χ4n) is 5.93. The molecule has 0 unspecified atom stereocenters. The minimum Gasteiger partial charge on any atom is -0.396 e. The molecule has 2 aromatic rings. The van der Waals surface area contributed by atoms with Crippen LogP contribution in [0.2, 0.25) is 10.0 Å². The van der Waals surface area contributed by atoms with Crippen LogP contribution < -0.4 is 10.6 Å². The number of nitriles is 1. The van der Waals surface area contributed by atoms with Gasteiger partial charge >= 0.3 is 0 Å². The summed E-state index contributed by atoms with van der Waals surface area (Å²) in [5.41, 5.74) is -2.53. The van der Waals surface area contributed by atoms with E-state index >= 15 is 8.78 Å². The van der Waals surface area contributed by atoms with Crippen LogP contribution in [0.5, 0.6) is 0 Å². The van der Waals surface area contributed by atoms with Gasteiger partial charge in [0.05, 0.1) is 29.8 Å². The highest BCUT2D eigenvalue weighted by Crippen LogP contribution is 2.52. The zero-order chi connectivity index (χ0) is 30.2. The van der Waals surface area contributed by atoms with E-state index in [1.165, 1.54) is 30.3 Å². The Morgan fingerprint density at radius 1 is 1.27 bits per heavy atom. The summed E-state index contributed by atoms with van der Waals surface area (Å²) < 4.78 is 42.8. The molecule has 2 aliphatic rings. The molecule has 0 spiro atoms. The van der Waals surface area contributed by atoms with Gasteiger partial charge in [0.1, 0.15) is 17.0 Å². The topological polar surface area (TPSA) is 104 Å². The van der Waals surface area contributed by atoms with Crippen molar-refractivity contribution in [3.63, 3.8) is 0 Å². The average Bonchev–Trinajstić information content (AvgIpc) is 3.42. The van der Waals surface area contributed by atoms with Crippen LogP contribution in [0.3, 0.4) is 0 Å². The molecular formula is C30H35Cl2F2N3O4. The smallest absolute Gasteiger partial charge is 0.237 e. The van der Waals surface area contributed by atoms with Gasteiger partial charge in [-0.3, -0.25) is 4.79 Å². The van der Waals surface area contributed by atoms with E-state index in [-0.39, 0.29) is 46.8 Å².